The highest BCUT2D eigenvalue weighted by Gasteiger charge is 2.48. The lowest BCUT2D eigenvalue weighted by Gasteiger charge is -2.30. The van der Waals surface area contributed by atoms with E-state index in [1.165, 1.54) is 0 Å². The lowest BCUT2D eigenvalue weighted by molar-refractivity contribution is 0.0904. The molecule has 0 radical (unpaired) electrons. The van der Waals surface area contributed by atoms with Crippen LogP contribution in [0, 0.1) is 11.6 Å². The first-order valence-corrected chi connectivity index (χ1v) is 14.6. The highest BCUT2D eigenvalue weighted by molar-refractivity contribution is 7.89. The number of Topliss-reactive ketones (excluding diaryl/α,β-unsaturated/α-hetero) is 1. The van der Waals surface area contributed by atoms with E-state index in [0.717, 1.165) is 40.7 Å². The van der Waals surface area contributed by atoms with Gasteiger partial charge in [0.15, 0.2) is 5.78 Å². The summed E-state index contributed by atoms with van der Waals surface area (Å²) in [5, 5.41) is 10.8. The predicted molar refractivity (Wildman–Crippen MR) is 147 cm³/mol. The van der Waals surface area contributed by atoms with E-state index in [4.69, 9.17) is 4.74 Å². The van der Waals surface area contributed by atoms with Crippen LogP contribution in [-0.4, -0.2) is 62.1 Å². The monoisotopic (exact) mass is 573 g/mol. The summed E-state index contributed by atoms with van der Waals surface area (Å²) in [6, 6.07) is 8.04. The summed E-state index contributed by atoms with van der Waals surface area (Å²) < 4.78 is 61.3. The molecular formula is C28H33F2N5O4S. The molecule has 2 aromatic carbocycles. The number of benzene rings is 2. The normalized spacial score (nSPS) is 17.6. The maximum absolute atomic E-state index is 13.9. The maximum Gasteiger partial charge on any atom is 0.244 e. The standard InChI is InChI=1S/C28H33F2N5O4S/c1-28(2)27-23(16-35(28)40(37,38)21-12-17(29)11-18(30)13-21)25(32-33-27)15-26(36)22-6-5-20(34(3)4)14-24(22)31-19-7-9-39-10-8-19/h5-6,11-14,19,31H,7-10,15-16H2,1-4H3,(H,32,33). The molecule has 5 rings (SSSR count). The Hall–Kier alpha value is -3.35. The number of rotatable bonds is 8. The fourth-order valence-corrected chi connectivity index (χ4v) is 7.13. The Kier molecular flexibility index (Phi) is 7.45. The number of carbonyl (C=O) groups is 1. The Morgan fingerprint density at radius 3 is 2.48 bits per heavy atom. The van der Waals surface area contributed by atoms with Crippen LogP contribution < -0.4 is 10.2 Å². The number of carbonyl (C=O) groups excluding carboxylic acids is 1. The molecule has 1 aromatic heterocycles. The van der Waals surface area contributed by atoms with Crippen molar-refractivity contribution in [3.63, 3.8) is 0 Å². The van der Waals surface area contributed by atoms with Crippen molar-refractivity contribution in [1.29, 1.82) is 0 Å². The molecule has 0 saturated carbocycles. The number of aromatic nitrogens is 2. The minimum absolute atomic E-state index is 0.0232. The van der Waals surface area contributed by atoms with E-state index in [-0.39, 0.29) is 24.8 Å². The van der Waals surface area contributed by atoms with Crippen LogP contribution in [0.3, 0.4) is 0 Å². The Morgan fingerprint density at radius 1 is 1.15 bits per heavy atom. The minimum atomic E-state index is -4.27. The van der Waals surface area contributed by atoms with E-state index in [2.05, 4.69) is 15.5 Å². The summed E-state index contributed by atoms with van der Waals surface area (Å²) in [6.45, 7) is 4.58. The third kappa shape index (κ3) is 5.23. The first kappa shape index (κ1) is 28.2. The number of fused-ring (bicyclic) bond motifs is 1. The van der Waals surface area contributed by atoms with Crippen molar-refractivity contribution in [1.82, 2.24) is 14.5 Å². The van der Waals surface area contributed by atoms with Gasteiger partial charge in [-0.15, -0.1) is 0 Å². The quantitative estimate of drug-likeness (QED) is 0.389. The van der Waals surface area contributed by atoms with Crippen LogP contribution in [0.1, 0.15) is 54.0 Å². The molecule has 2 N–H and O–H groups in total. The molecule has 2 aliphatic rings. The molecule has 12 heteroatoms. The van der Waals surface area contributed by atoms with Crippen molar-refractivity contribution in [3.05, 3.63) is 70.5 Å². The van der Waals surface area contributed by atoms with Crippen LogP contribution in [0.15, 0.2) is 41.3 Å². The first-order chi connectivity index (χ1) is 18.9. The highest BCUT2D eigenvalue weighted by Crippen LogP contribution is 2.43. The van der Waals surface area contributed by atoms with Crippen LogP contribution in [0.4, 0.5) is 20.2 Å². The molecule has 9 nitrogen and oxygen atoms in total. The number of nitrogens with one attached hydrogen (secondary N) is 2. The number of hydrogen-bond donors (Lipinski definition) is 2. The average Bonchev–Trinajstić information content (AvgIpc) is 3.42. The van der Waals surface area contributed by atoms with Crippen molar-refractivity contribution in [2.24, 2.45) is 0 Å². The lowest BCUT2D eigenvalue weighted by Crippen LogP contribution is -2.40. The molecule has 0 spiro atoms. The highest BCUT2D eigenvalue weighted by atomic mass is 32.2. The predicted octanol–water partition coefficient (Wildman–Crippen LogP) is 4.21. The van der Waals surface area contributed by atoms with Crippen LogP contribution in [-0.2, 0) is 33.3 Å². The zero-order chi connectivity index (χ0) is 28.8. The summed E-state index contributed by atoms with van der Waals surface area (Å²) >= 11 is 0. The number of nitrogens with zero attached hydrogens (tertiary/aromatic N) is 3. The number of ether oxygens (including phenoxy) is 1. The molecule has 0 unspecified atom stereocenters. The molecule has 2 aliphatic heterocycles. The van der Waals surface area contributed by atoms with Gasteiger partial charge in [0.2, 0.25) is 10.0 Å². The second kappa shape index (κ2) is 10.6. The van der Waals surface area contributed by atoms with Crippen molar-refractivity contribution < 1.29 is 26.7 Å². The summed E-state index contributed by atoms with van der Waals surface area (Å²) in [4.78, 5) is 15.1. The molecule has 0 atom stereocenters. The first-order valence-electron chi connectivity index (χ1n) is 13.1. The molecule has 0 aliphatic carbocycles. The van der Waals surface area contributed by atoms with E-state index >= 15 is 0 Å². The van der Waals surface area contributed by atoms with Gasteiger partial charge in [-0.25, -0.2) is 17.2 Å². The summed E-state index contributed by atoms with van der Waals surface area (Å²) in [5.74, 6) is -2.12. The second-order valence-corrected chi connectivity index (χ2v) is 12.8. The third-order valence-corrected chi connectivity index (χ3v) is 9.62. The average molecular weight is 574 g/mol. The third-order valence-electron chi connectivity index (χ3n) is 7.62. The lowest BCUT2D eigenvalue weighted by atomic mass is 9.98. The van der Waals surface area contributed by atoms with Gasteiger partial charge in [-0.3, -0.25) is 9.89 Å². The number of halogens is 2. The van der Waals surface area contributed by atoms with Crippen LogP contribution >= 0.6 is 0 Å². The SMILES string of the molecule is CN(C)c1ccc(C(=O)Cc2[nH]nc3c2CN(S(=O)(=O)c2cc(F)cc(F)c2)C3(C)C)c(NC2CCOCC2)c1. The number of ketones is 1. The Bertz CT molecular complexity index is 1530. The van der Waals surface area contributed by atoms with Crippen molar-refractivity contribution in [3.8, 4) is 0 Å². The van der Waals surface area contributed by atoms with Gasteiger partial charge in [-0.2, -0.15) is 9.40 Å². The Morgan fingerprint density at radius 2 is 1.82 bits per heavy atom. The molecule has 214 valence electrons. The Balaban J connectivity index is 1.43. The van der Waals surface area contributed by atoms with Crippen LogP contribution in [0.5, 0.6) is 0 Å². The van der Waals surface area contributed by atoms with Gasteiger partial charge >= 0.3 is 0 Å². The van der Waals surface area contributed by atoms with Gasteiger partial charge in [0, 0.05) is 74.2 Å². The zero-order valence-electron chi connectivity index (χ0n) is 22.9. The van der Waals surface area contributed by atoms with E-state index in [9.17, 15) is 22.0 Å². The van der Waals surface area contributed by atoms with Crippen LogP contribution in [0.2, 0.25) is 0 Å². The molecule has 40 heavy (non-hydrogen) atoms. The van der Waals surface area contributed by atoms with Crippen LogP contribution in [0.25, 0.3) is 0 Å². The van der Waals surface area contributed by atoms with E-state index in [1.54, 1.807) is 19.9 Å². The molecule has 3 heterocycles. The fraction of sp³-hybridized carbons (Fsp3) is 0.429. The van der Waals surface area contributed by atoms with Crippen molar-refractivity contribution in [2.45, 2.75) is 56.1 Å². The van der Waals surface area contributed by atoms with Gasteiger partial charge < -0.3 is 15.0 Å². The molecular weight excluding hydrogens is 540 g/mol. The number of H-pyrrole nitrogens is 1. The van der Waals surface area contributed by atoms with Gasteiger partial charge in [0.1, 0.15) is 11.6 Å². The van der Waals surface area contributed by atoms with E-state index < -0.39 is 32.1 Å². The second-order valence-electron chi connectivity index (χ2n) is 11.0. The topological polar surface area (TPSA) is 108 Å². The molecule has 3 aromatic rings. The summed E-state index contributed by atoms with van der Waals surface area (Å²) in [6.07, 6.45) is 1.65. The maximum atomic E-state index is 13.9. The minimum Gasteiger partial charge on any atom is -0.381 e. The van der Waals surface area contributed by atoms with Gasteiger partial charge in [-0.05, 0) is 57.0 Å². The molecule has 0 bridgehead atoms. The molecule has 1 fully saturated rings. The van der Waals surface area contributed by atoms with Gasteiger partial charge in [0.05, 0.1) is 22.5 Å². The van der Waals surface area contributed by atoms with Gasteiger partial charge in [0.25, 0.3) is 0 Å². The van der Waals surface area contributed by atoms with Gasteiger partial charge in [-0.1, -0.05) is 0 Å². The molecule has 0 amide bonds. The largest absolute Gasteiger partial charge is 0.381 e. The van der Waals surface area contributed by atoms with Crippen molar-refractivity contribution >= 4 is 27.2 Å². The molecule has 1 saturated heterocycles. The number of anilines is 2. The zero-order valence-corrected chi connectivity index (χ0v) is 23.7. The summed E-state index contributed by atoms with van der Waals surface area (Å²) in [7, 11) is -0.406. The van der Waals surface area contributed by atoms with E-state index in [0.29, 0.717) is 41.8 Å². The number of aromatic amines is 1. The fourth-order valence-electron chi connectivity index (χ4n) is 5.36. The number of hydrogen-bond acceptors (Lipinski definition) is 7. The summed E-state index contributed by atoms with van der Waals surface area (Å²) in [5.41, 5.74) is 2.66. The Labute approximate surface area is 232 Å². The smallest absolute Gasteiger partial charge is 0.244 e. The van der Waals surface area contributed by atoms with E-state index in [1.807, 2.05) is 31.1 Å². The van der Waals surface area contributed by atoms with Crippen molar-refractivity contribution in [2.75, 3.05) is 37.5 Å². The number of sulfonamides is 1.